The average Bonchev–Trinajstić information content (AvgIpc) is 3.85. The number of rotatable bonds is 12. The van der Waals surface area contributed by atoms with Crippen LogP contribution in [0.25, 0.3) is 11.6 Å². The van der Waals surface area contributed by atoms with Crippen molar-refractivity contribution in [1.29, 1.82) is 0 Å². The number of aryl methyl sites for hydroxylation is 2. The van der Waals surface area contributed by atoms with Crippen molar-refractivity contribution in [3.63, 3.8) is 0 Å². The molecule has 6 rings (SSSR count). The Morgan fingerprint density at radius 2 is 1.32 bits per heavy atom. The van der Waals surface area contributed by atoms with Gasteiger partial charge in [0.1, 0.15) is 18.5 Å². The van der Waals surface area contributed by atoms with E-state index in [1.807, 2.05) is 0 Å². The van der Waals surface area contributed by atoms with Crippen LogP contribution < -0.4 is 10.6 Å². The molecule has 0 saturated carbocycles. The average molecular weight is 678 g/mol. The summed E-state index contributed by atoms with van der Waals surface area (Å²) < 4.78 is 18.2. The lowest BCUT2D eigenvalue weighted by Gasteiger charge is -2.13. The Kier molecular flexibility index (Phi) is 9.32. The number of carbonyl (C=O) groups excluding carboxylic acids is 2. The van der Waals surface area contributed by atoms with Gasteiger partial charge in [0.05, 0.1) is 16.9 Å². The maximum absolute atomic E-state index is 15.0. The van der Waals surface area contributed by atoms with E-state index in [2.05, 4.69) is 46.0 Å². The number of amides is 2. The topological polar surface area (TPSA) is 233 Å². The van der Waals surface area contributed by atoms with Crippen LogP contribution in [0.2, 0.25) is 0 Å². The highest BCUT2D eigenvalue weighted by molar-refractivity contribution is 6.07. The maximum Gasteiger partial charge on any atom is 0.356 e. The van der Waals surface area contributed by atoms with Crippen molar-refractivity contribution in [3.05, 3.63) is 126 Å². The number of halogens is 1. The molecule has 6 aromatic rings. The number of aromatic nitrogens is 9. The molecule has 0 radical (unpaired) electrons. The van der Waals surface area contributed by atoms with Crippen LogP contribution in [0.4, 0.5) is 15.8 Å². The number of nitrogens with one attached hydrogen (secondary N) is 2. The number of pyridine rings is 1. The lowest BCUT2D eigenvalue weighted by molar-refractivity contribution is 0.0683. The molecule has 0 aliphatic rings. The molecule has 250 valence electrons. The molecule has 50 heavy (non-hydrogen) atoms. The zero-order chi connectivity index (χ0) is 35.2. The molecule has 17 nitrogen and oxygen atoms in total. The van der Waals surface area contributed by atoms with Gasteiger partial charge in [0.25, 0.3) is 11.8 Å². The van der Waals surface area contributed by atoms with E-state index in [9.17, 15) is 29.4 Å². The summed E-state index contributed by atoms with van der Waals surface area (Å²) in [6.07, 6.45) is 11.4. The second-order valence-electron chi connectivity index (χ2n) is 10.6. The van der Waals surface area contributed by atoms with Gasteiger partial charge in [-0.1, -0.05) is 0 Å². The van der Waals surface area contributed by atoms with Crippen LogP contribution in [0, 0.1) is 5.82 Å². The predicted octanol–water partition coefficient (Wildman–Crippen LogP) is 3.25. The van der Waals surface area contributed by atoms with Crippen molar-refractivity contribution >= 4 is 35.1 Å². The van der Waals surface area contributed by atoms with Gasteiger partial charge < -0.3 is 20.8 Å². The van der Waals surface area contributed by atoms with Crippen molar-refractivity contribution in [3.8, 4) is 11.6 Å². The number of carboxylic acids is 2. The molecule has 0 aliphatic heterocycles. The highest BCUT2D eigenvalue weighted by Gasteiger charge is 2.20. The van der Waals surface area contributed by atoms with Gasteiger partial charge in [0.15, 0.2) is 28.7 Å². The summed E-state index contributed by atoms with van der Waals surface area (Å²) in [6, 6.07) is 9.39. The molecule has 0 aliphatic carbocycles. The minimum absolute atomic E-state index is 0.0719. The third-order valence-corrected chi connectivity index (χ3v) is 7.28. The molecule has 0 fully saturated rings. The molecule has 4 N–H and O–H groups in total. The van der Waals surface area contributed by atoms with Gasteiger partial charge in [-0.25, -0.2) is 28.9 Å². The van der Waals surface area contributed by atoms with Gasteiger partial charge in [0, 0.05) is 31.0 Å². The van der Waals surface area contributed by atoms with E-state index in [0.29, 0.717) is 23.6 Å². The summed E-state index contributed by atoms with van der Waals surface area (Å²) in [5, 5.41) is 40.0. The summed E-state index contributed by atoms with van der Waals surface area (Å²) in [5.41, 5.74) is -0.609. The van der Waals surface area contributed by atoms with Crippen LogP contribution in [0.1, 0.15) is 59.4 Å². The van der Waals surface area contributed by atoms with Crippen LogP contribution >= 0.6 is 0 Å². The fourth-order valence-corrected chi connectivity index (χ4v) is 4.81. The number of hydrogen-bond donors (Lipinski definition) is 4. The molecule has 1 aromatic carbocycles. The molecule has 0 atom stereocenters. The second kappa shape index (κ2) is 14.3. The first-order valence-electron chi connectivity index (χ1n) is 14.7. The summed E-state index contributed by atoms with van der Waals surface area (Å²) >= 11 is 0. The molecular weight excluding hydrogens is 653 g/mol. The van der Waals surface area contributed by atoms with Crippen molar-refractivity contribution in [1.82, 2.24) is 44.5 Å². The zero-order valence-electron chi connectivity index (χ0n) is 25.6. The summed E-state index contributed by atoms with van der Waals surface area (Å²) in [5.74, 6) is -4.26. The van der Waals surface area contributed by atoms with Crippen molar-refractivity contribution < 1.29 is 33.8 Å². The number of aromatic carboxylic acids is 2. The SMILES string of the molecule is O=C(Nc1cc(CCCc2cnc(C(=O)O)c(NC(=O)c3ccc(-n4ccnc4)nn3)c2)c(F)cc1C(=O)O)c1ccc(-n2ccnc2)nn1. The van der Waals surface area contributed by atoms with Crippen molar-refractivity contribution in [2.75, 3.05) is 10.6 Å². The van der Waals surface area contributed by atoms with E-state index in [1.165, 1.54) is 49.2 Å². The molecule has 0 saturated heterocycles. The Morgan fingerprint density at radius 3 is 1.82 bits per heavy atom. The Morgan fingerprint density at radius 1 is 0.720 bits per heavy atom. The molecule has 0 unspecified atom stereocenters. The van der Waals surface area contributed by atoms with Gasteiger partial charge in [-0.2, -0.15) is 0 Å². The molecular formula is C32H24FN11O6. The Hall–Kier alpha value is -7.24. The molecule has 5 heterocycles. The fourth-order valence-electron chi connectivity index (χ4n) is 4.81. The Labute approximate surface area is 280 Å². The van der Waals surface area contributed by atoms with Crippen LogP contribution in [0.15, 0.2) is 86.1 Å². The number of anilines is 2. The molecule has 2 amide bonds. The van der Waals surface area contributed by atoms with E-state index in [4.69, 9.17) is 0 Å². The largest absolute Gasteiger partial charge is 0.478 e. The first kappa shape index (κ1) is 32.7. The van der Waals surface area contributed by atoms with Crippen LogP contribution in [-0.2, 0) is 12.8 Å². The maximum atomic E-state index is 15.0. The number of carbonyl (C=O) groups is 4. The summed E-state index contributed by atoms with van der Waals surface area (Å²) in [6.45, 7) is 0. The lowest BCUT2D eigenvalue weighted by atomic mass is 10.0. The lowest BCUT2D eigenvalue weighted by Crippen LogP contribution is -2.18. The van der Waals surface area contributed by atoms with Crippen molar-refractivity contribution in [2.45, 2.75) is 19.3 Å². The normalized spacial score (nSPS) is 10.8. The van der Waals surface area contributed by atoms with Crippen molar-refractivity contribution in [2.24, 2.45) is 0 Å². The van der Waals surface area contributed by atoms with E-state index >= 15 is 4.39 Å². The van der Waals surface area contributed by atoms with Gasteiger partial charge >= 0.3 is 11.9 Å². The van der Waals surface area contributed by atoms with Crippen LogP contribution in [0.5, 0.6) is 0 Å². The van der Waals surface area contributed by atoms with Gasteiger partial charge in [0.2, 0.25) is 0 Å². The number of benzene rings is 1. The predicted molar refractivity (Wildman–Crippen MR) is 171 cm³/mol. The van der Waals surface area contributed by atoms with E-state index in [-0.39, 0.29) is 41.2 Å². The van der Waals surface area contributed by atoms with E-state index < -0.39 is 40.8 Å². The first-order valence-corrected chi connectivity index (χ1v) is 14.7. The van der Waals surface area contributed by atoms with Gasteiger partial charge in [-0.15, -0.1) is 20.4 Å². The second-order valence-corrected chi connectivity index (χ2v) is 10.6. The fraction of sp³-hybridized carbons (Fsp3) is 0.0938. The zero-order valence-corrected chi connectivity index (χ0v) is 25.6. The molecule has 0 bridgehead atoms. The van der Waals surface area contributed by atoms with Crippen LogP contribution in [0.3, 0.4) is 0 Å². The highest BCUT2D eigenvalue weighted by atomic mass is 19.1. The standard InChI is InChI=1S/C32H24FN11O6/c33-21-14-20(31(47)48)24(37-29(45)22-4-6-26(41-39-22)43-10-8-34-16-43)13-19(21)3-1-2-18-12-25(28(32(49)50)36-15-18)38-30(46)23-5-7-27(42-40-23)44-11-9-35-17-44/h4-17H,1-3H2,(H,37,45)(H,38,46)(H,47,48)(H,49,50). The smallest absolute Gasteiger partial charge is 0.356 e. The minimum Gasteiger partial charge on any atom is -0.478 e. The number of hydrogen-bond acceptors (Lipinski definition) is 11. The van der Waals surface area contributed by atoms with E-state index in [0.717, 1.165) is 6.07 Å². The third-order valence-electron chi connectivity index (χ3n) is 7.28. The minimum atomic E-state index is -1.45. The summed E-state index contributed by atoms with van der Waals surface area (Å²) in [7, 11) is 0. The van der Waals surface area contributed by atoms with E-state index in [1.54, 1.807) is 40.0 Å². The van der Waals surface area contributed by atoms with Gasteiger partial charge in [-0.05, 0) is 72.9 Å². The first-order chi connectivity index (χ1) is 24.2. The van der Waals surface area contributed by atoms with Gasteiger partial charge in [-0.3, -0.25) is 18.7 Å². The molecule has 5 aromatic heterocycles. The Balaban J connectivity index is 1.13. The highest BCUT2D eigenvalue weighted by Crippen LogP contribution is 2.24. The molecule has 0 spiro atoms. The third kappa shape index (κ3) is 7.33. The summed E-state index contributed by atoms with van der Waals surface area (Å²) in [4.78, 5) is 61.3. The number of nitrogens with zero attached hydrogens (tertiary/aromatic N) is 9. The van der Waals surface area contributed by atoms with Crippen LogP contribution in [-0.4, -0.2) is 78.4 Å². The molecule has 18 heteroatoms. The monoisotopic (exact) mass is 677 g/mol. The number of carboxylic acid groups (broad SMARTS) is 2. The quantitative estimate of drug-likeness (QED) is 0.146. The number of imidazole rings is 2. The Bertz CT molecular complexity index is 2190.